The summed E-state index contributed by atoms with van der Waals surface area (Å²) in [6.07, 6.45) is 5.04. The molecule has 0 amide bonds. The minimum atomic E-state index is 0. The monoisotopic (exact) mass is 379 g/mol. The highest BCUT2D eigenvalue weighted by Gasteiger charge is 2.15. The molecule has 0 unspecified atom stereocenters. The van der Waals surface area contributed by atoms with Crippen molar-refractivity contribution in [3.63, 3.8) is 0 Å². The average Bonchev–Trinajstić information content (AvgIpc) is 3.26. The van der Waals surface area contributed by atoms with Crippen molar-refractivity contribution < 1.29 is 4.28 Å². The Morgan fingerprint density at radius 3 is 3.04 bits per heavy atom. The highest BCUT2D eigenvalue weighted by Crippen LogP contribution is 2.29. The number of anilines is 2. The summed E-state index contributed by atoms with van der Waals surface area (Å²) < 4.78 is 2.93. The van der Waals surface area contributed by atoms with Crippen LogP contribution in [-0.2, 0) is 6.54 Å². The lowest BCUT2D eigenvalue weighted by atomic mass is 10.2. The number of nitrogens with two attached hydrogens (primary N) is 1. The Bertz CT molecular complexity index is 1270. The first kappa shape index (κ1) is 15.7. The predicted molar refractivity (Wildman–Crippen MR) is 114 cm³/mol. The second-order valence-corrected chi connectivity index (χ2v) is 6.96. The van der Waals surface area contributed by atoms with Crippen molar-refractivity contribution in [2.75, 3.05) is 11.1 Å². The Hall–Kier alpha value is -3.52. The van der Waals surface area contributed by atoms with Gasteiger partial charge in [-0.15, -0.1) is 16.4 Å². The van der Waals surface area contributed by atoms with Gasteiger partial charge in [-0.3, -0.25) is 0 Å². The van der Waals surface area contributed by atoms with Gasteiger partial charge in [0.1, 0.15) is 12.1 Å². The molecule has 7 nitrogen and oxygen atoms in total. The van der Waals surface area contributed by atoms with E-state index in [1.165, 1.54) is 22.0 Å². The van der Waals surface area contributed by atoms with Gasteiger partial charge in [-0.1, -0.05) is 18.2 Å². The number of hydrogen-bond acceptors (Lipinski definition) is 7. The van der Waals surface area contributed by atoms with E-state index in [1.54, 1.807) is 28.1 Å². The summed E-state index contributed by atoms with van der Waals surface area (Å²) >= 11 is 1.75. The van der Waals surface area contributed by atoms with Crippen LogP contribution in [0.5, 0.6) is 0 Å². The van der Waals surface area contributed by atoms with Gasteiger partial charge in [0.25, 0.3) is 0 Å². The molecule has 0 saturated heterocycles. The van der Waals surface area contributed by atoms with Crippen LogP contribution in [0.4, 0.5) is 11.6 Å². The van der Waals surface area contributed by atoms with Crippen LogP contribution in [-0.4, -0.2) is 24.6 Å². The van der Waals surface area contributed by atoms with Gasteiger partial charge in [0.05, 0.1) is 11.3 Å². The summed E-state index contributed by atoms with van der Waals surface area (Å²) in [4.78, 5) is 13.1. The van der Waals surface area contributed by atoms with Gasteiger partial charge < -0.3 is 11.1 Å². The van der Waals surface area contributed by atoms with Gasteiger partial charge in [-0.25, -0.2) is 19.5 Å². The third kappa shape index (κ3) is 2.76. The van der Waals surface area contributed by atoms with Gasteiger partial charge >= 0.3 is 0 Å². The molecule has 1 aromatic carbocycles. The molecule has 8 heteroatoms. The molecule has 0 radical (unpaired) electrons. The van der Waals surface area contributed by atoms with Crippen molar-refractivity contribution >= 4 is 38.7 Å². The molecule has 138 valence electrons. The Balaban J connectivity index is 0.00000107. The SMILES string of the molecule is Nc1nn2cccnc2c1-c1cc(NCc2csc3ccccc23)ncn1.[HH].[HH].[HH]. The average molecular weight is 379 g/mol. The topological polar surface area (TPSA) is 94.0 Å². The zero-order valence-corrected chi connectivity index (χ0v) is 15.0. The van der Waals surface area contributed by atoms with E-state index in [0.717, 1.165) is 5.82 Å². The molecule has 4 heterocycles. The lowest BCUT2D eigenvalue weighted by Gasteiger charge is -2.06. The van der Waals surface area contributed by atoms with E-state index in [0.29, 0.717) is 29.3 Å². The van der Waals surface area contributed by atoms with Gasteiger partial charge in [-0.2, -0.15) is 0 Å². The molecule has 0 aliphatic rings. The van der Waals surface area contributed by atoms with E-state index in [1.807, 2.05) is 12.3 Å². The first-order valence-corrected chi connectivity index (χ1v) is 9.28. The van der Waals surface area contributed by atoms with Crippen LogP contribution < -0.4 is 11.1 Å². The van der Waals surface area contributed by atoms with Crippen molar-refractivity contribution in [3.8, 4) is 11.3 Å². The Morgan fingerprint density at radius 2 is 2.07 bits per heavy atom. The zero-order valence-electron chi connectivity index (χ0n) is 14.2. The fraction of sp³-hybridized carbons (Fsp3) is 0.0526. The van der Waals surface area contributed by atoms with Crippen LogP contribution in [0, 0.1) is 0 Å². The number of aromatic nitrogens is 5. The molecule has 0 spiro atoms. The van der Waals surface area contributed by atoms with E-state index in [9.17, 15) is 0 Å². The largest absolute Gasteiger partial charge is 0.382 e. The van der Waals surface area contributed by atoms with Gasteiger partial charge in [0, 0.05) is 34.0 Å². The Morgan fingerprint density at radius 1 is 1.15 bits per heavy atom. The third-order valence-electron chi connectivity index (χ3n) is 4.37. The predicted octanol–water partition coefficient (Wildman–Crippen LogP) is 4.33. The van der Waals surface area contributed by atoms with Gasteiger partial charge in [0.15, 0.2) is 11.5 Å². The molecule has 0 fully saturated rings. The maximum Gasteiger partial charge on any atom is 0.166 e. The summed E-state index contributed by atoms with van der Waals surface area (Å²) in [5.74, 6) is 1.12. The molecule has 0 aliphatic heterocycles. The number of nitrogen functional groups attached to an aromatic ring is 1. The second-order valence-electron chi connectivity index (χ2n) is 6.05. The normalized spacial score (nSPS) is 11.3. The molecule has 27 heavy (non-hydrogen) atoms. The molecule has 5 rings (SSSR count). The second kappa shape index (κ2) is 6.33. The van der Waals surface area contributed by atoms with Gasteiger partial charge in [-0.05, 0) is 28.5 Å². The van der Waals surface area contributed by atoms with E-state index in [4.69, 9.17) is 5.73 Å². The van der Waals surface area contributed by atoms with Crippen molar-refractivity contribution in [3.05, 3.63) is 66.1 Å². The number of thiophene rings is 1. The number of fused-ring (bicyclic) bond motifs is 2. The lowest BCUT2D eigenvalue weighted by molar-refractivity contribution is 0.945. The highest BCUT2D eigenvalue weighted by molar-refractivity contribution is 7.17. The first-order valence-electron chi connectivity index (χ1n) is 8.40. The molecule has 0 bridgehead atoms. The zero-order chi connectivity index (χ0) is 18.2. The standard InChI is InChI=1S/C19H15N7S.3H2/c20-18-17(19-21-6-3-7-26(19)25-18)14-8-16(24-11-23-14)22-9-12-10-27-15-5-2-1-4-13(12)15;;;/h1-8,10-11H,9H2,(H2,20,25)(H,22,23,24);3*1H. The van der Waals surface area contributed by atoms with E-state index < -0.39 is 0 Å². The van der Waals surface area contributed by atoms with E-state index >= 15 is 0 Å². The molecule has 0 aliphatic carbocycles. The fourth-order valence-electron chi connectivity index (χ4n) is 3.10. The molecular weight excluding hydrogens is 358 g/mol. The van der Waals surface area contributed by atoms with Crippen LogP contribution in [0.2, 0.25) is 0 Å². The summed E-state index contributed by atoms with van der Waals surface area (Å²) in [5, 5.41) is 11.1. The summed E-state index contributed by atoms with van der Waals surface area (Å²) in [6, 6.07) is 12.1. The number of hydrogen-bond donors (Lipinski definition) is 2. The Kier molecular flexibility index (Phi) is 3.68. The maximum atomic E-state index is 6.10. The maximum absolute atomic E-state index is 6.10. The highest BCUT2D eigenvalue weighted by atomic mass is 32.1. The number of nitrogens with zero attached hydrogens (tertiary/aromatic N) is 5. The van der Waals surface area contributed by atoms with Crippen molar-refractivity contribution in [1.29, 1.82) is 0 Å². The lowest BCUT2D eigenvalue weighted by Crippen LogP contribution is -2.02. The quantitative estimate of drug-likeness (QED) is 0.482. The van der Waals surface area contributed by atoms with Crippen LogP contribution >= 0.6 is 11.3 Å². The van der Waals surface area contributed by atoms with Crippen molar-refractivity contribution in [2.45, 2.75) is 6.54 Å². The Labute approximate surface area is 163 Å². The smallest absolute Gasteiger partial charge is 0.166 e. The number of benzene rings is 1. The van der Waals surface area contributed by atoms with Crippen LogP contribution in [0.1, 0.15) is 9.84 Å². The third-order valence-corrected chi connectivity index (χ3v) is 5.38. The molecule has 0 atom stereocenters. The van der Waals surface area contributed by atoms with Crippen molar-refractivity contribution in [1.82, 2.24) is 24.6 Å². The first-order chi connectivity index (χ1) is 13.3. The van der Waals surface area contributed by atoms with Crippen LogP contribution in [0.15, 0.2) is 60.5 Å². The van der Waals surface area contributed by atoms with E-state index in [-0.39, 0.29) is 4.28 Å². The summed E-state index contributed by atoms with van der Waals surface area (Å²) in [5.41, 5.74) is 9.41. The molecule has 3 N–H and O–H groups in total. The number of nitrogens with one attached hydrogen (secondary N) is 1. The van der Waals surface area contributed by atoms with Crippen molar-refractivity contribution in [2.24, 2.45) is 0 Å². The van der Waals surface area contributed by atoms with Gasteiger partial charge in [0.2, 0.25) is 0 Å². The molecule has 4 aromatic heterocycles. The minimum Gasteiger partial charge on any atom is -0.382 e. The van der Waals surface area contributed by atoms with Crippen LogP contribution in [0.3, 0.4) is 0 Å². The molecule has 0 saturated carbocycles. The number of rotatable bonds is 4. The summed E-state index contributed by atoms with van der Waals surface area (Å²) in [7, 11) is 0. The van der Waals surface area contributed by atoms with E-state index in [2.05, 4.69) is 55.0 Å². The molecular formula is C19H21N7S. The van der Waals surface area contributed by atoms with Crippen LogP contribution in [0.25, 0.3) is 27.0 Å². The summed E-state index contributed by atoms with van der Waals surface area (Å²) in [6.45, 7) is 0.683. The fourth-order valence-corrected chi connectivity index (χ4v) is 4.06. The molecule has 5 aromatic rings. The minimum absolute atomic E-state index is 0.